The van der Waals surface area contributed by atoms with Gasteiger partial charge in [-0.1, -0.05) is 23.7 Å². The number of nitrogens with zero attached hydrogens (tertiary/aromatic N) is 3. The molecule has 0 bridgehead atoms. The van der Waals surface area contributed by atoms with Gasteiger partial charge in [0.2, 0.25) is 5.91 Å². The van der Waals surface area contributed by atoms with Crippen molar-refractivity contribution in [3.63, 3.8) is 0 Å². The molecular formula is C19H18ClN3O. The zero-order valence-electron chi connectivity index (χ0n) is 13.3. The van der Waals surface area contributed by atoms with E-state index in [0.29, 0.717) is 30.1 Å². The monoisotopic (exact) mass is 339 g/mol. The van der Waals surface area contributed by atoms with Crippen LogP contribution in [0.5, 0.6) is 0 Å². The number of halogens is 1. The Morgan fingerprint density at radius 2 is 1.62 bits per heavy atom. The zero-order chi connectivity index (χ0) is 16.9. The predicted molar refractivity (Wildman–Crippen MR) is 95.1 cm³/mol. The molecule has 122 valence electrons. The predicted octanol–water partition coefficient (Wildman–Crippen LogP) is 3.10. The minimum absolute atomic E-state index is 0.150. The molecule has 1 saturated heterocycles. The first-order valence-corrected chi connectivity index (χ1v) is 8.31. The van der Waals surface area contributed by atoms with Crippen molar-refractivity contribution in [1.82, 2.24) is 4.90 Å². The fraction of sp³-hybridized carbons (Fsp3) is 0.263. The van der Waals surface area contributed by atoms with Crippen LogP contribution in [0, 0.1) is 11.3 Å². The number of amides is 1. The summed E-state index contributed by atoms with van der Waals surface area (Å²) in [6, 6.07) is 17.1. The molecular weight excluding hydrogens is 322 g/mol. The van der Waals surface area contributed by atoms with Gasteiger partial charge in [-0.2, -0.15) is 5.26 Å². The average Bonchev–Trinajstić information content (AvgIpc) is 2.64. The molecule has 1 amide bonds. The van der Waals surface area contributed by atoms with Crippen LogP contribution in [-0.4, -0.2) is 37.0 Å². The maximum atomic E-state index is 12.4. The second-order valence-corrected chi connectivity index (χ2v) is 6.27. The normalized spacial score (nSPS) is 14.3. The third kappa shape index (κ3) is 3.87. The van der Waals surface area contributed by atoms with Crippen molar-refractivity contribution < 1.29 is 4.79 Å². The molecule has 0 unspecified atom stereocenters. The Morgan fingerprint density at radius 1 is 1.00 bits per heavy atom. The largest absolute Gasteiger partial charge is 0.368 e. The lowest BCUT2D eigenvalue weighted by Gasteiger charge is -2.36. The van der Waals surface area contributed by atoms with E-state index >= 15 is 0 Å². The SMILES string of the molecule is N#Cc1ccc(N2CCN(C(=O)Cc3ccc(Cl)cc3)CC2)cc1. The van der Waals surface area contributed by atoms with Crippen LogP contribution < -0.4 is 4.90 Å². The number of nitriles is 1. The highest BCUT2D eigenvalue weighted by atomic mass is 35.5. The van der Waals surface area contributed by atoms with E-state index in [-0.39, 0.29) is 5.91 Å². The van der Waals surface area contributed by atoms with Crippen molar-refractivity contribution in [2.24, 2.45) is 0 Å². The Hall–Kier alpha value is -2.51. The average molecular weight is 340 g/mol. The lowest BCUT2D eigenvalue weighted by Crippen LogP contribution is -2.49. The van der Waals surface area contributed by atoms with E-state index in [2.05, 4.69) is 11.0 Å². The molecule has 1 aliphatic rings. The standard InChI is InChI=1S/C19H18ClN3O/c20-17-5-1-15(2-6-17)13-19(24)23-11-9-22(10-12-23)18-7-3-16(14-21)4-8-18/h1-8H,9-13H2. The Bertz CT molecular complexity index is 742. The summed E-state index contributed by atoms with van der Waals surface area (Å²) in [6.45, 7) is 3.04. The van der Waals surface area contributed by atoms with Gasteiger partial charge in [-0.05, 0) is 42.0 Å². The van der Waals surface area contributed by atoms with Crippen LogP contribution in [0.25, 0.3) is 0 Å². The summed E-state index contributed by atoms with van der Waals surface area (Å²) in [5.74, 6) is 0.150. The van der Waals surface area contributed by atoms with E-state index in [1.165, 1.54) is 0 Å². The van der Waals surface area contributed by atoms with Crippen molar-refractivity contribution in [2.45, 2.75) is 6.42 Å². The number of anilines is 1. The minimum atomic E-state index is 0.150. The van der Waals surface area contributed by atoms with Crippen LogP contribution in [0.2, 0.25) is 5.02 Å². The number of carbonyl (C=O) groups is 1. The van der Waals surface area contributed by atoms with E-state index in [9.17, 15) is 4.79 Å². The molecule has 1 fully saturated rings. The summed E-state index contributed by atoms with van der Waals surface area (Å²) in [6.07, 6.45) is 0.411. The summed E-state index contributed by atoms with van der Waals surface area (Å²) in [7, 11) is 0. The van der Waals surface area contributed by atoms with Gasteiger partial charge in [0.1, 0.15) is 0 Å². The number of benzene rings is 2. The Kier molecular flexibility index (Phi) is 5.02. The molecule has 0 spiro atoms. The number of rotatable bonds is 3. The first-order valence-electron chi connectivity index (χ1n) is 7.93. The van der Waals surface area contributed by atoms with Crippen molar-refractivity contribution in [3.05, 3.63) is 64.7 Å². The second kappa shape index (κ2) is 7.37. The zero-order valence-corrected chi connectivity index (χ0v) is 14.0. The molecule has 2 aromatic carbocycles. The van der Waals surface area contributed by atoms with E-state index < -0.39 is 0 Å². The van der Waals surface area contributed by atoms with Gasteiger partial charge < -0.3 is 9.80 Å². The van der Waals surface area contributed by atoms with Crippen LogP contribution in [0.1, 0.15) is 11.1 Å². The van der Waals surface area contributed by atoms with Crippen LogP contribution in [-0.2, 0) is 11.2 Å². The van der Waals surface area contributed by atoms with E-state index in [1.54, 1.807) is 0 Å². The highest BCUT2D eigenvalue weighted by molar-refractivity contribution is 6.30. The van der Waals surface area contributed by atoms with E-state index in [1.807, 2.05) is 53.4 Å². The summed E-state index contributed by atoms with van der Waals surface area (Å²) in [5.41, 5.74) is 2.74. The Labute approximate surface area is 146 Å². The Balaban J connectivity index is 1.55. The molecule has 24 heavy (non-hydrogen) atoms. The number of hydrogen-bond acceptors (Lipinski definition) is 3. The van der Waals surface area contributed by atoms with E-state index in [4.69, 9.17) is 16.9 Å². The molecule has 0 N–H and O–H groups in total. The smallest absolute Gasteiger partial charge is 0.227 e. The van der Waals surface area contributed by atoms with Crippen molar-refractivity contribution in [2.75, 3.05) is 31.1 Å². The lowest BCUT2D eigenvalue weighted by molar-refractivity contribution is -0.130. The molecule has 2 aromatic rings. The van der Waals surface area contributed by atoms with Gasteiger partial charge in [-0.3, -0.25) is 4.79 Å². The highest BCUT2D eigenvalue weighted by Crippen LogP contribution is 2.18. The maximum Gasteiger partial charge on any atom is 0.227 e. The van der Waals surface area contributed by atoms with Crippen molar-refractivity contribution in [3.8, 4) is 6.07 Å². The number of carbonyl (C=O) groups excluding carboxylic acids is 1. The third-order valence-electron chi connectivity index (χ3n) is 4.26. The summed E-state index contributed by atoms with van der Waals surface area (Å²) in [5, 5.41) is 9.54. The van der Waals surface area contributed by atoms with Crippen LogP contribution in [0.15, 0.2) is 48.5 Å². The Morgan fingerprint density at radius 3 is 2.21 bits per heavy atom. The molecule has 0 aromatic heterocycles. The molecule has 0 radical (unpaired) electrons. The molecule has 0 atom stereocenters. The minimum Gasteiger partial charge on any atom is -0.368 e. The molecule has 0 saturated carbocycles. The first-order chi connectivity index (χ1) is 11.7. The third-order valence-corrected chi connectivity index (χ3v) is 4.51. The highest BCUT2D eigenvalue weighted by Gasteiger charge is 2.21. The van der Waals surface area contributed by atoms with Gasteiger partial charge in [-0.15, -0.1) is 0 Å². The van der Waals surface area contributed by atoms with Gasteiger partial charge in [0.25, 0.3) is 0 Å². The number of hydrogen-bond donors (Lipinski definition) is 0. The topological polar surface area (TPSA) is 47.3 Å². The van der Waals surface area contributed by atoms with Gasteiger partial charge in [-0.25, -0.2) is 0 Å². The number of piperazine rings is 1. The van der Waals surface area contributed by atoms with Gasteiger partial charge >= 0.3 is 0 Å². The fourth-order valence-electron chi connectivity index (χ4n) is 2.85. The summed E-state index contributed by atoms with van der Waals surface area (Å²) < 4.78 is 0. The molecule has 0 aliphatic carbocycles. The molecule has 4 nitrogen and oxygen atoms in total. The molecule has 1 heterocycles. The van der Waals surface area contributed by atoms with Crippen molar-refractivity contribution in [1.29, 1.82) is 5.26 Å². The van der Waals surface area contributed by atoms with Gasteiger partial charge in [0, 0.05) is 36.9 Å². The summed E-state index contributed by atoms with van der Waals surface area (Å²) in [4.78, 5) is 16.6. The second-order valence-electron chi connectivity index (χ2n) is 5.83. The van der Waals surface area contributed by atoms with Crippen molar-refractivity contribution >= 4 is 23.2 Å². The van der Waals surface area contributed by atoms with Crippen LogP contribution in [0.4, 0.5) is 5.69 Å². The quantitative estimate of drug-likeness (QED) is 0.863. The molecule has 3 rings (SSSR count). The molecule has 5 heteroatoms. The van der Waals surface area contributed by atoms with E-state index in [0.717, 1.165) is 24.3 Å². The van der Waals surface area contributed by atoms with Gasteiger partial charge in [0.05, 0.1) is 18.1 Å². The fourth-order valence-corrected chi connectivity index (χ4v) is 2.98. The summed E-state index contributed by atoms with van der Waals surface area (Å²) >= 11 is 5.87. The molecule has 1 aliphatic heterocycles. The van der Waals surface area contributed by atoms with Gasteiger partial charge in [0.15, 0.2) is 0 Å². The first kappa shape index (κ1) is 16.4. The lowest BCUT2D eigenvalue weighted by atomic mass is 10.1. The maximum absolute atomic E-state index is 12.4. The van der Waals surface area contributed by atoms with Crippen LogP contribution >= 0.6 is 11.6 Å². The van der Waals surface area contributed by atoms with Crippen LogP contribution in [0.3, 0.4) is 0 Å².